The largest absolute Gasteiger partial charge is 0.494 e. The highest BCUT2D eigenvalue weighted by atomic mass is 16.5. The van der Waals surface area contributed by atoms with Crippen molar-refractivity contribution in [3.63, 3.8) is 0 Å². The highest BCUT2D eigenvalue weighted by Gasteiger charge is 2.30. The zero-order valence-electron chi connectivity index (χ0n) is 20.3. The molecule has 1 saturated heterocycles. The van der Waals surface area contributed by atoms with Gasteiger partial charge in [0.05, 0.1) is 18.2 Å². The number of nitrogens with zero attached hydrogens (tertiary/aromatic N) is 3. The van der Waals surface area contributed by atoms with Crippen molar-refractivity contribution >= 4 is 11.8 Å². The molecule has 1 heterocycles. The number of ether oxygens (including phenoxy) is 1. The number of benzene rings is 2. The number of rotatable bonds is 8. The van der Waals surface area contributed by atoms with Gasteiger partial charge in [0.1, 0.15) is 11.8 Å². The minimum Gasteiger partial charge on any atom is -0.494 e. The summed E-state index contributed by atoms with van der Waals surface area (Å²) in [6, 6.07) is 16.2. The Balaban J connectivity index is 1.59. The van der Waals surface area contributed by atoms with Crippen LogP contribution in [0.2, 0.25) is 0 Å². The third-order valence-electron chi connectivity index (χ3n) is 6.04. The molecule has 0 aliphatic carbocycles. The predicted octanol–water partition coefficient (Wildman–Crippen LogP) is 3.45. The summed E-state index contributed by atoms with van der Waals surface area (Å²) in [7, 11) is 0. The zero-order chi connectivity index (χ0) is 24.5. The lowest BCUT2D eigenvalue weighted by Gasteiger charge is -2.29. The van der Waals surface area contributed by atoms with Crippen molar-refractivity contribution in [1.29, 1.82) is 5.26 Å². The van der Waals surface area contributed by atoms with E-state index in [9.17, 15) is 9.59 Å². The van der Waals surface area contributed by atoms with E-state index in [0.29, 0.717) is 36.6 Å². The van der Waals surface area contributed by atoms with Crippen molar-refractivity contribution in [2.75, 3.05) is 32.8 Å². The second kappa shape index (κ2) is 12.2. The van der Waals surface area contributed by atoms with Crippen LogP contribution in [-0.2, 0) is 11.3 Å². The van der Waals surface area contributed by atoms with Crippen LogP contribution < -0.4 is 10.1 Å². The Labute approximate surface area is 202 Å². The van der Waals surface area contributed by atoms with Gasteiger partial charge >= 0.3 is 0 Å². The molecule has 7 heteroatoms. The van der Waals surface area contributed by atoms with Crippen LogP contribution in [0, 0.1) is 17.2 Å². The van der Waals surface area contributed by atoms with Gasteiger partial charge in [-0.05, 0) is 61.2 Å². The second-order valence-electron chi connectivity index (χ2n) is 8.92. The van der Waals surface area contributed by atoms with Gasteiger partial charge in [-0.2, -0.15) is 5.26 Å². The third-order valence-corrected chi connectivity index (χ3v) is 6.04. The molecule has 7 nitrogen and oxygen atoms in total. The Morgan fingerprint density at radius 2 is 1.74 bits per heavy atom. The molecule has 2 aromatic rings. The van der Waals surface area contributed by atoms with Gasteiger partial charge < -0.3 is 15.0 Å². The van der Waals surface area contributed by atoms with Crippen LogP contribution in [0.5, 0.6) is 5.75 Å². The molecular weight excluding hydrogens is 428 g/mol. The number of carbonyl (C=O) groups excluding carboxylic acids is 2. The average molecular weight is 463 g/mol. The molecule has 2 amide bonds. The Hall–Kier alpha value is -3.37. The first-order valence-electron chi connectivity index (χ1n) is 11.9. The quantitative estimate of drug-likeness (QED) is 0.650. The highest BCUT2D eigenvalue weighted by molar-refractivity contribution is 5.97. The van der Waals surface area contributed by atoms with Crippen molar-refractivity contribution in [2.45, 2.75) is 39.8 Å². The zero-order valence-corrected chi connectivity index (χ0v) is 20.3. The van der Waals surface area contributed by atoms with Gasteiger partial charge in [0.15, 0.2) is 0 Å². The molecule has 1 unspecified atom stereocenters. The van der Waals surface area contributed by atoms with E-state index >= 15 is 0 Å². The van der Waals surface area contributed by atoms with Gasteiger partial charge in [-0.3, -0.25) is 14.5 Å². The van der Waals surface area contributed by atoms with Crippen LogP contribution in [-0.4, -0.2) is 60.4 Å². The maximum atomic E-state index is 13.4. The summed E-state index contributed by atoms with van der Waals surface area (Å²) in [5.74, 6) is 0.393. The molecule has 3 rings (SSSR count). The molecule has 1 atom stereocenters. The molecule has 0 spiro atoms. The Morgan fingerprint density at radius 3 is 2.35 bits per heavy atom. The van der Waals surface area contributed by atoms with Gasteiger partial charge in [0.25, 0.3) is 5.91 Å². The molecule has 0 radical (unpaired) electrons. The average Bonchev–Trinajstić information content (AvgIpc) is 3.08. The fourth-order valence-electron chi connectivity index (χ4n) is 4.10. The van der Waals surface area contributed by atoms with Crippen LogP contribution in [0.4, 0.5) is 0 Å². The number of nitriles is 1. The summed E-state index contributed by atoms with van der Waals surface area (Å²) in [4.78, 5) is 30.4. The first-order chi connectivity index (χ1) is 16.4. The van der Waals surface area contributed by atoms with Crippen LogP contribution in [0.25, 0.3) is 0 Å². The molecule has 34 heavy (non-hydrogen) atoms. The topological polar surface area (TPSA) is 85.7 Å². The summed E-state index contributed by atoms with van der Waals surface area (Å²) < 4.78 is 5.44. The summed E-state index contributed by atoms with van der Waals surface area (Å²) in [6.07, 6.45) is 0.875. The monoisotopic (exact) mass is 462 g/mol. The SMILES string of the molecule is CCOc1ccc(C(=O)NC(C(=O)N2CCCN(Cc3ccc(C#N)cc3)CC2)C(C)C)cc1. The number of hydrogen-bond acceptors (Lipinski definition) is 5. The lowest BCUT2D eigenvalue weighted by molar-refractivity contribution is -0.134. The summed E-state index contributed by atoms with van der Waals surface area (Å²) in [6.45, 7) is 10.1. The fourth-order valence-corrected chi connectivity index (χ4v) is 4.10. The van der Waals surface area contributed by atoms with Gasteiger partial charge in [0.2, 0.25) is 5.91 Å². The lowest BCUT2D eigenvalue weighted by Crippen LogP contribution is -2.52. The van der Waals surface area contributed by atoms with Gasteiger partial charge in [-0.15, -0.1) is 0 Å². The van der Waals surface area contributed by atoms with E-state index in [-0.39, 0.29) is 17.7 Å². The van der Waals surface area contributed by atoms with Crippen molar-refractivity contribution < 1.29 is 14.3 Å². The van der Waals surface area contributed by atoms with E-state index in [2.05, 4.69) is 16.3 Å². The van der Waals surface area contributed by atoms with E-state index in [4.69, 9.17) is 10.00 Å². The number of hydrogen-bond donors (Lipinski definition) is 1. The van der Waals surface area contributed by atoms with E-state index in [0.717, 1.165) is 31.6 Å². The molecule has 0 saturated carbocycles. The molecule has 2 aromatic carbocycles. The molecular formula is C27H34N4O3. The molecule has 0 aromatic heterocycles. The van der Waals surface area contributed by atoms with Crippen molar-refractivity contribution in [3.05, 3.63) is 65.2 Å². The van der Waals surface area contributed by atoms with Crippen molar-refractivity contribution in [1.82, 2.24) is 15.1 Å². The van der Waals surface area contributed by atoms with E-state index < -0.39 is 6.04 Å². The molecule has 1 aliphatic rings. The van der Waals surface area contributed by atoms with Crippen LogP contribution in [0.1, 0.15) is 48.7 Å². The van der Waals surface area contributed by atoms with Gasteiger partial charge in [-0.25, -0.2) is 0 Å². The van der Waals surface area contributed by atoms with Crippen LogP contribution in [0.15, 0.2) is 48.5 Å². The molecule has 1 aliphatic heterocycles. The van der Waals surface area contributed by atoms with E-state index in [1.54, 1.807) is 24.3 Å². The normalized spacial score (nSPS) is 15.3. The Morgan fingerprint density at radius 1 is 1.03 bits per heavy atom. The number of amides is 2. The predicted molar refractivity (Wildman–Crippen MR) is 131 cm³/mol. The van der Waals surface area contributed by atoms with Gasteiger partial charge in [0, 0.05) is 38.3 Å². The van der Waals surface area contributed by atoms with Crippen molar-refractivity contribution in [3.8, 4) is 11.8 Å². The number of carbonyl (C=O) groups is 2. The van der Waals surface area contributed by atoms with E-state index in [1.807, 2.05) is 49.9 Å². The van der Waals surface area contributed by atoms with Crippen molar-refractivity contribution in [2.24, 2.45) is 5.92 Å². The Bertz CT molecular complexity index is 996. The first kappa shape index (κ1) is 25.3. The highest BCUT2D eigenvalue weighted by Crippen LogP contribution is 2.15. The molecule has 0 bridgehead atoms. The van der Waals surface area contributed by atoms with Crippen LogP contribution >= 0.6 is 0 Å². The minimum atomic E-state index is -0.579. The summed E-state index contributed by atoms with van der Waals surface area (Å²) >= 11 is 0. The summed E-state index contributed by atoms with van der Waals surface area (Å²) in [5.41, 5.74) is 2.32. The summed E-state index contributed by atoms with van der Waals surface area (Å²) in [5, 5.41) is 11.9. The standard InChI is InChI=1S/C27H34N4O3/c1-4-34-24-12-10-23(11-13-24)26(32)29-25(20(2)3)27(33)31-15-5-14-30(16-17-31)19-22-8-6-21(18-28)7-9-22/h6-13,20,25H,4-5,14-17,19H2,1-3H3,(H,29,32). The number of nitrogens with one attached hydrogen (secondary N) is 1. The van der Waals surface area contributed by atoms with E-state index in [1.165, 1.54) is 0 Å². The van der Waals surface area contributed by atoms with Gasteiger partial charge in [-0.1, -0.05) is 26.0 Å². The second-order valence-corrected chi connectivity index (χ2v) is 8.92. The first-order valence-corrected chi connectivity index (χ1v) is 11.9. The van der Waals surface area contributed by atoms with Crippen LogP contribution in [0.3, 0.4) is 0 Å². The molecule has 1 fully saturated rings. The maximum Gasteiger partial charge on any atom is 0.251 e. The minimum absolute atomic E-state index is 0.0304. The smallest absolute Gasteiger partial charge is 0.251 e. The molecule has 1 N–H and O–H groups in total. The fraction of sp³-hybridized carbons (Fsp3) is 0.444. The third kappa shape index (κ3) is 6.82. The Kier molecular flexibility index (Phi) is 9.06. The maximum absolute atomic E-state index is 13.4. The molecule has 180 valence electrons. The lowest BCUT2D eigenvalue weighted by atomic mass is 10.0.